The number of sulfonamides is 1. The van der Waals surface area contributed by atoms with Crippen LogP contribution in [0.5, 0.6) is 0 Å². The maximum Gasteiger partial charge on any atom is 0.338 e. The third-order valence-electron chi connectivity index (χ3n) is 3.25. The number of esters is 1. The van der Waals surface area contributed by atoms with Crippen LogP contribution in [0.25, 0.3) is 10.2 Å². The van der Waals surface area contributed by atoms with Gasteiger partial charge < -0.3 is 4.74 Å². The second-order valence-corrected chi connectivity index (χ2v) is 7.69. The largest absolute Gasteiger partial charge is 0.462 e. The number of fused-ring (bicyclic) bond motifs is 1. The smallest absolute Gasteiger partial charge is 0.338 e. The molecule has 0 aliphatic heterocycles. The van der Waals surface area contributed by atoms with Crippen molar-refractivity contribution in [3.63, 3.8) is 0 Å². The molecule has 0 amide bonds. The number of nitrogens with zero attached hydrogens (tertiary/aromatic N) is 1. The molecule has 130 valence electrons. The van der Waals surface area contributed by atoms with Crippen molar-refractivity contribution < 1.29 is 22.3 Å². The van der Waals surface area contributed by atoms with E-state index in [1.807, 2.05) is 0 Å². The van der Waals surface area contributed by atoms with Crippen LogP contribution in [-0.2, 0) is 14.8 Å². The van der Waals surface area contributed by atoms with Gasteiger partial charge in [0, 0.05) is 0 Å². The molecule has 3 rings (SSSR count). The lowest BCUT2D eigenvalue weighted by atomic mass is 10.2. The van der Waals surface area contributed by atoms with E-state index in [-0.39, 0.29) is 16.6 Å². The Morgan fingerprint density at radius 2 is 1.96 bits per heavy atom. The number of carbonyl (C=O) groups excluding carboxylic acids is 1. The van der Waals surface area contributed by atoms with E-state index in [4.69, 9.17) is 4.74 Å². The van der Waals surface area contributed by atoms with Crippen LogP contribution in [0.15, 0.2) is 47.4 Å². The summed E-state index contributed by atoms with van der Waals surface area (Å²) in [4.78, 5) is 15.9. The van der Waals surface area contributed by atoms with Crippen LogP contribution in [0.3, 0.4) is 0 Å². The van der Waals surface area contributed by atoms with Crippen LogP contribution in [-0.4, -0.2) is 26.0 Å². The van der Waals surface area contributed by atoms with Gasteiger partial charge in [0.1, 0.15) is 5.82 Å². The molecule has 0 spiro atoms. The van der Waals surface area contributed by atoms with Gasteiger partial charge in [-0.05, 0) is 49.4 Å². The maximum atomic E-state index is 12.9. The average molecular weight is 380 g/mol. The molecule has 0 fully saturated rings. The predicted octanol–water partition coefficient (Wildman–Crippen LogP) is 3.41. The molecule has 2 aromatic carbocycles. The Labute approximate surface area is 147 Å². The van der Waals surface area contributed by atoms with Gasteiger partial charge in [-0.1, -0.05) is 11.3 Å². The summed E-state index contributed by atoms with van der Waals surface area (Å²) in [5, 5.41) is 0.153. The number of hydrogen-bond donors (Lipinski definition) is 1. The van der Waals surface area contributed by atoms with E-state index in [1.54, 1.807) is 25.1 Å². The van der Waals surface area contributed by atoms with Crippen molar-refractivity contribution in [2.75, 3.05) is 11.3 Å². The van der Waals surface area contributed by atoms with Crippen molar-refractivity contribution in [1.29, 1.82) is 0 Å². The molecule has 1 heterocycles. The van der Waals surface area contributed by atoms with E-state index in [9.17, 15) is 17.6 Å². The zero-order valence-electron chi connectivity index (χ0n) is 13.0. The van der Waals surface area contributed by atoms with Crippen LogP contribution in [0.2, 0.25) is 0 Å². The molecule has 6 nitrogen and oxygen atoms in total. The van der Waals surface area contributed by atoms with Gasteiger partial charge in [0.05, 0.1) is 27.3 Å². The second kappa shape index (κ2) is 6.77. The summed E-state index contributed by atoms with van der Waals surface area (Å²) in [7, 11) is -3.87. The van der Waals surface area contributed by atoms with Gasteiger partial charge in [0.25, 0.3) is 10.0 Å². The Hall–Kier alpha value is -2.52. The Kier molecular flexibility index (Phi) is 4.69. The first-order valence-electron chi connectivity index (χ1n) is 7.25. The molecule has 9 heteroatoms. The minimum Gasteiger partial charge on any atom is -0.462 e. The van der Waals surface area contributed by atoms with Crippen molar-refractivity contribution in [2.45, 2.75) is 11.8 Å². The van der Waals surface area contributed by atoms with E-state index in [0.29, 0.717) is 15.8 Å². The summed E-state index contributed by atoms with van der Waals surface area (Å²) in [5.74, 6) is -0.975. The summed E-state index contributed by atoms with van der Waals surface area (Å²) in [6, 6.07) is 9.26. The number of thiazole rings is 1. The minimum absolute atomic E-state index is 0.0691. The lowest BCUT2D eigenvalue weighted by Crippen LogP contribution is -2.12. The summed E-state index contributed by atoms with van der Waals surface area (Å²) in [6.07, 6.45) is 0. The maximum absolute atomic E-state index is 12.9. The van der Waals surface area contributed by atoms with Crippen LogP contribution in [0.1, 0.15) is 17.3 Å². The fourth-order valence-corrected chi connectivity index (χ4v) is 4.24. The first kappa shape index (κ1) is 17.3. The Balaban J connectivity index is 1.89. The highest BCUT2D eigenvalue weighted by Gasteiger charge is 2.17. The molecule has 0 saturated carbocycles. The third kappa shape index (κ3) is 3.77. The molecule has 3 aromatic rings. The molecule has 1 N–H and O–H groups in total. The number of ether oxygens (including phenoxy) is 1. The molecule has 0 aliphatic carbocycles. The number of anilines is 1. The normalized spacial score (nSPS) is 11.4. The predicted molar refractivity (Wildman–Crippen MR) is 92.8 cm³/mol. The standard InChI is InChI=1S/C16H13FN2O4S2/c1-2-23-15(20)10-3-8-13-14(9-10)24-16(18-13)19-25(21,22)12-6-4-11(17)5-7-12/h3-9H,2H2,1H3,(H,18,19). The van der Waals surface area contributed by atoms with Crippen molar-refractivity contribution >= 4 is 42.7 Å². The van der Waals surface area contributed by atoms with Gasteiger partial charge in [0.2, 0.25) is 0 Å². The number of aromatic nitrogens is 1. The molecular weight excluding hydrogens is 367 g/mol. The van der Waals surface area contributed by atoms with Crippen LogP contribution in [0, 0.1) is 5.82 Å². The number of carbonyl (C=O) groups is 1. The lowest BCUT2D eigenvalue weighted by Gasteiger charge is -2.04. The SMILES string of the molecule is CCOC(=O)c1ccc2nc(NS(=O)(=O)c3ccc(F)cc3)sc2c1. The van der Waals surface area contributed by atoms with Gasteiger partial charge in [-0.2, -0.15) is 0 Å². The van der Waals surface area contributed by atoms with Gasteiger partial charge in [-0.25, -0.2) is 22.6 Å². The number of halogens is 1. The van der Waals surface area contributed by atoms with Gasteiger partial charge in [-0.15, -0.1) is 0 Å². The average Bonchev–Trinajstić information content (AvgIpc) is 2.95. The molecule has 25 heavy (non-hydrogen) atoms. The summed E-state index contributed by atoms with van der Waals surface area (Å²) >= 11 is 1.09. The lowest BCUT2D eigenvalue weighted by molar-refractivity contribution is 0.0526. The monoisotopic (exact) mass is 380 g/mol. The third-order valence-corrected chi connectivity index (χ3v) is 5.66. The van der Waals surface area contributed by atoms with Gasteiger partial charge in [0.15, 0.2) is 5.13 Å². The number of rotatable bonds is 5. The fraction of sp³-hybridized carbons (Fsp3) is 0.125. The Morgan fingerprint density at radius 1 is 1.24 bits per heavy atom. The second-order valence-electron chi connectivity index (χ2n) is 4.98. The van der Waals surface area contributed by atoms with E-state index in [2.05, 4.69) is 9.71 Å². The van der Waals surface area contributed by atoms with Gasteiger partial charge in [-0.3, -0.25) is 4.72 Å². The van der Waals surface area contributed by atoms with Crippen molar-refractivity contribution in [2.24, 2.45) is 0 Å². The molecular formula is C16H13FN2O4S2. The van der Waals surface area contributed by atoms with Crippen LogP contribution < -0.4 is 4.72 Å². The van der Waals surface area contributed by atoms with Crippen molar-refractivity contribution in [3.05, 3.63) is 53.8 Å². The number of nitrogens with one attached hydrogen (secondary N) is 1. The quantitative estimate of drug-likeness (QED) is 0.686. The van der Waals surface area contributed by atoms with E-state index in [0.717, 1.165) is 23.5 Å². The topological polar surface area (TPSA) is 85.4 Å². The first-order chi connectivity index (χ1) is 11.9. The highest BCUT2D eigenvalue weighted by molar-refractivity contribution is 7.93. The van der Waals surface area contributed by atoms with Crippen molar-refractivity contribution in [1.82, 2.24) is 4.98 Å². The molecule has 0 bridgehead atoms. The van der Waals surface area contributed by atoms with Crippen LogP contribution >= 0.6 is 11.3 Å². The van der Waals surface area contributed by atoms with E-state index < -0.39 is 21.8 Å². The molecule has 0 unspecified atom stereocenters. The highest BCUT2D eigenvalue weighted by atomic mass is 32.2. The van der Waals surface area contributed by atoms with E-state index >= 15 is 0 Å². The van der Waals surface area contributed by atoms with Gasteiger partial charge >= 0.3 is 5.97 Å². The summed E-state index contributed by atoms with van der Waals surface area (Å²) in [5.41, 5.74) is 0.917. The Morgan fingerprint density at radius 3 is 2.64 bits per heavy atom. The summed E-state index contributed by atoms with van der Waals surface area (Å²) < 4.78 is 45.5. The van der Waals surface area contributed by atoms with Crippen molar-refractivity contribution in [3.8, 4) is 0 Å². The molecule has 0 radical (unpaired) electrons. The Bertz CT molecular complexity index is 1030. The number of hydrogen-bond acceptors (Lipinski definition) is 6. The summed E-state index contributed by atoms with van der Waals surface area (Å²) in [6.45, 7) is 1.98. The molecule has 0 atom stereocenters. The molecule has 0 aliphatic rings. The molecule has 1 aromatic heterocycles. The van der Waals surface area contributed by atoms with Crippen LogP contribution in [0.4, 0.5) is 9.52 Å². The number of benzene rings is 2. The van der Waals surface area contributed by atoms with E-state index in [1.165, 1.54) is 12.1 Å². The highest BCUT2D eigenvalue weighted by Crippen LogP contribution is 2.28. The zero-order valence-corrected chi connectivity index (χ0v) is 14.7. The minimum atomic E-state index is -3.87. The zero-order chi connectivity index (χ0) is 18.0. The molecule has 0 saturated heterocycles. The fourth-order valence-electron chi connectivity index (χ4n) is 2.10. The first-order valence-corrected chi connectivity index (χ1v) is 9.55.